The highest BCUT2D eigenvalue weighted by Crippen LogP contribution is 2.31. The van der Waals surface area contributed by atoms with Crippen molar-refractivity contribution in [2.24, 2.45) is 11.0 Å². The molecule has 1 aromatic rings. The van der Waals surface area contributed by atoms with Gasteiger partial charge in [-0.05, 0) is 24.3 Å². The summed E-state index contributed by atoms with van der Waals surface area (Å²) in [5.41, 5.74) is 2.92. The van der Waals surface area contributed by atoms with E-state index in [1.165, 1.54) is 7.11 Å². The molecule has 1 aromatic carbocycles. The molecule has 0 saturated carbocycles. The van der Waals surface area contributed by atoms with Gasteiger partial charge in [0.15, 0.2) is 5.71 Å². The van der Waals surface area contributed by atoms with E-state index < -0.39 is 29.7 Å². The van der Waals surface area contributed by atoms with Crippen LogP contribution in [-0.2, 0) is 19.1 Å². The largest absolute Gasteiger partial charge is 0.464 e. The lowest BCUT2D eigenvalue weighted by atomic mass is 9.99. The van der Waals surface area contributed by atoms with Crippen LogP contribution in [0.1, 0.15) is 0 Å². The van der Waals surface area contributed by atoms with E-state index in [1.807, 2.05) is 0 Å². The Bertz CT molecular complexity index is 670. The Balaban J connectivity index is 1.95. The van der Waals surface area contributed by atoms with E-state index in [0.717, 1.165) is 9.37 Å². The molecular formula is C13H10BrN3O4. The predicted molar refractivity (Wildman–Crippen MR) is 76.5 cm³/mol. The van der Waals surface area contributed by atoms with E-state index in [9.17, 15) is 14.4 Å². The monoisotopic (exact) mass is 351 g/mol. The fraction of sp³-hybridized carbons (Fsp3) is 0.231. The number of carbonyl (C=O) groups excluding carboxylic acids is 3. The number of fused-ring (bicyclic) bond motifs is 1. The van der Waals surface area contributed by atoms with Crippen LogP contribution in [0, 0.1) is 5.92 Å². The molecule has 1 N–H and O–H groups in total. The first kappa shape index (κ1) is 13.7. The summed E-state index contributed by atoms with van der Waals surface area (Å²) in [7, 11) is 1.20. The van der Waals surface area contributed by atoms with Crippen LogP contribution in [0.3, 0.4) is 0 Å². The van der Waals surface area contributed by atoms with Crippen molar-refractivity contribution in [1.82, 2.24) is 5.43 Å². The number of amides is 2. The Kier molecular flexibility index (Phi) is 3.25. The summed E-state index contributed by atoms with van der Waals surface area (Å²) in [5.74, 6) is -2.57. The normalized spacial score (nSPS) is 23.7. The summed E-state index contributed by atoms with van der Waals surface area (Å²) in [4.78, 5) is 37.5. The summed E-state index contributed by atoms with van der Waals surface area (Å²) < 4.78 is 5.42. The second kappa shape index (κ2) is 4.96. The number of halogens is 1. The second-order valence-electron chi connectivity index (χ2n) is 4.56. The van der Waals surface area contributed by atoms with Crippen molar-refractivity contribution in [3.05, 3.63) is 28.7 Å². The average Bonchev–Trinajstić information content (AvgIpc) is 3.01. The van der Waals surface area contributed by atoms with Crippen molar-refractivity contribution in [2.75, 3.05) is 12.0 Å². The average molecular weight is 352 g/mol. The molecule has 1 saturated heterocycles. The molecule has 0 aliphatic carbocycles. The lowest BCUT2D eigenvalue weighted by molar-refractivity contribution is -0.133. The number of nitrogens with zero attached hydrogens (tertiary/aromatic N) is 2. The van der Waals surface area contributed by atoms with Gasteiger partial charge in [-0.15, -0.1) is 0 Å². The molecule has 0 bridgehead atoms. The number of benzene rings is 1. The molecule has 2 atom stereocenters. The van der Waals surface area contributed by atoms with E-state index in [1.54, 1.807) is 24.3 Å². The first-order valence-corrected chi connectivity index (χ1v) is 6.88. The molecule has 7 nitrogen and oxygen atoms in total. The molecule has 2 heterocycles. The lowest BCUT2D eigenvalue weighted by Crippen LogP contribution is -2.36. The summed E-state index contributed by atoms with van der Waals surface area (Å²) in [6.07, 6.45) is 0. The maximum atomic E-state index is 12.5. The van der Waals surface area contributed by atoms with Gasteiger partial charge in [0, 0.05) is 4.47 Å². The van der Waals surface area contributed by atoms with E-state index >= 15 is 0 Å². The summed E-state index contributed by atoms with van der Waals surface area (Å²) in [5, 5.41) is 3.75. The number of ether oxygens (including phenoxy) is 1. The van der Waals surface area contributed by atoms with E-state index in [-0.39, 0.29) is 5.71 Å². The number of rotatable bonds is 2. The van der Waals surface area contributed by atoms with Crippen molar-refractivity contribution < 1.29 is 19.1 Å². The highest BCUT2D eigenvalue weighted by atomic mass is 79.9. The molecule has 8 heteroatoms. The Morgan fingerprint density at radius 3 is 2.57 bits per heavy atom. The number of hydrogen-bond acceptors (Lipinski definition) is 6. The highest BCUT2D eigenvalue weighted by Gasteiger charge is 2.55. The third kappa shape index (κ3) is 2.02. The van der Waals surface area contributed by atoms with Gasteiger partial charge >= 0.3 is 5.97 Å². The van der Waals surface area contributed by atoms with Gasteiger partial charge in [-0.2, -0.15) is 5.10 Å². The molecule has 21 heavy (non-hydrogen) atoms. The Morgan fingerprint density at radius 2 is 1.95 bits per heavy atom. The Hall–Kier alpha value is -2.22. The first-order valence-electron chi connectivity index (χ1n) is 6.09. The third-order valence-corrected chi connectivity index (χ3v) is 3.93. The minimum absolute atomic E-state index is 0.0690. The van der Waals surface area contributed by atoms with Crippen molar-refractivity contribution in [3.63, 3.8) is 0 Å². The van der Waals surface area contributed by atoms with E-state index in [2.05, 4.69) is 31.2 Å². The van der Waals surface area contributed by atoms with E-state index in [0.29, 0.717) is 5.69 Å². The smallest absolute Gasteiger partial charge is 0.355 e. The number of esters is 1. The summed E-state index contributed by atoms with van der Waals surface area (Å²) >= 11 is 3.29. The molecule has 0 aromatic heterocycles. The molecule has 1 fully saturated rings. The van der Waals surface area contributed by atoms with Crippen molar-refractivity contribution in [3.8, 4) is 0 Å². The Labute approximate surface area is 128 Å². The van der Waals surface area contributed by atoms with Crippen LogP contribution >= 0.6 is 15.9 Å². The number of carbonyl (C=O) groups is 3. The van der Waals surface area contributed by atoms with Gasteiger partial charge in [0.05, 0.1) is 12.8 Å². The van der Waals surface area contributed by atoms with Gasteiger partial charge < -0.3 is 4.74 Å². The summed E-state index contributed by atoms with van der Waals surface area (Å²) in [6, 6.07) is 5.90. The number of hydrazone groups is 1. The van der Waals surface area contributed by atoms with Crippen molar-refractivity contribution in [2.45, 2.75) is 6.04 Å². The zero-order valence-corrected chi connectivity index (χ0v) is 12.5. The Morgan fingerprint density at radius 1 is 1.29 bits per heavy atom. The molecule has 2 amide bonds. The van der Waals surface area contributed by atoms with Gasteiger partial charge in [0.1, 0.15) is 12.0 Å². The van der Waals surface area contributed by atoms with Gasteiger partial charge in [0.2, 0.25) is 5.91 Å². The van der Waals surface area contributed by atoms with Gasteiger partial charge in [-0.25, -0.2) is 9.69 Å². The summed E-state index contributed by atoms with van der Waals surface area (Å²) in [6.45, 7) is 0. The molecule has 0 unspecified atom stereocenters. The maximum Gasteiger partial charge on any atom is 0.355 e. The third-order valence-electron chi connectivity index (χ3n) is 3.40. The number of imide groups is 1. The van der Waals surface area contributed by atoms with Gasteiger partial charge in [-0.3, -0.25) is 15.0 Å². The zero-order chi connectivity index (χ0) is 15.1. The fourth-order valence-electron chi connectivity index (χ4n) is 2.41. The van der Waals surface area contributed by atoms with Crippen LogP contribution < -0.4 is 10.3 Å². The SMILES string of the molecule is COC(=O)C1=NN[C@@H]2C(=O)N(c3ccc(Br)cc3)C(=O)[C@H]12. The number of hydrogen-bond donors (Lipinski definition) is 1. The van der Waals surface area contributed by atoms with Crippen LogP contribution in [0.4, 0.5) is 5.69 Å². The predicted octanol–water partition coefficient (Wildman–Crippen LogP) is 0.439. The molecule has 2 aliphatic heterocycles. The fourth-order valence-corrected chi connectivity index (χ4v) is 2.67. The molecule has 3 rings (SSSR count). The first-order chi connectivity index (χ1) is 10.0. The van der Waals surface area contributed by atoms with Gasteiger partial charge in [-0.1, -0.05) is 15.9 Å². The van der Waals surface area contributed by atoms with Crippen molar-refractivity contribution >= 4 is 45.1 Å². The molecule has 108 valence electrons. The number of nitrogens with one attached hydrogen (secondary N) is 1. The molecular weight excluding hydrogens is 342 g/mol. The maximum absolute atomic E-state index is 12.5. The van der Waals surface area contributed by atoms with E-state index in [4.69, 9.17) is 0 Å². The quantitative estimate of drug-likeness (QED) is 0.616. The minimum Gasteiger partial charge on any atom is -0.464 e. The molecule has 2 aliphatic rings. The van der Waals surface area contributed by atoms with Gasteiger partial charge in [0.25, 0.3) is 5.91 Å². The number of methoxy groups -OCH3 is 1. The van der Waals surface area contributed by atoms with Crippen LogP contribution in [0.2, 0.25) is 0 Å². The topological polar surface area (TPSA) is 88.1 Å². The van der Waals surface area contributed by atoms with Crippen LogP contribution in [0.25, 0.3) is 0 Å². The zero-order valence-electron chi connectivity index (χ0n) is 10.9. The highest BCUT2D eigenvalue weighted by molar-refractivity contribution is 9.10. The van der Waals surface area contributed by atoms with Crippen molar-refractivity contribution in [1.29, 1.82) is 0 Å². The molecule has 0 radical (unpaired) electrons. The lowest BCUT2D eigenvalue weighted by Gasteiger charge is -2.15. The second-order valence-corrected chi connectivity index (χ2v) is 5.48. The standard InChI is InChI=1S/C13H10BrN3O4/c1-21-13(20)10-8-9(15-16-10)12(19)17(11(8)18)7-4-2-6(14)3-5-7/h2-5,8-9,15H,1H3/t8-,9-/m0/s1. The minimum atomic E-state index is -0.936. The number of anilines is 1. The van der Waals surface area contributed by atoms with Crippen LogP contribution in [0.5, 0.6) is 0 Å². The van der Waals surface area contributed by atoms with Crippen LogP contribution in [-0.4, -0.2) is 36.6 Å². The molecule has 0 spiro atoms. The van der Waals surface area contributed by atoms with Crippen LogP contribution in [0.15, 0.2) is 33.8 Å².